The molecule has 0 fully saturated rings. The van der Waals surface area contributed by atoms with Crippen LogP contribution in [0.3, 0.4) is 0 Å². The van der Waals surface area contributed by atoms with E-state index in [2.05, 4.69) is 72.5 Å². The lowest BCUT2D eigenvalue weighted by atomic mass is 10.2. The van der Waals surface area contributed by atoms with Crippen LogP contribution in [-0.4, -0.2) is 55.2 Å². The number of hydrogen-bond acceptors (Lipinski definition) is 5. The highest BCUT2D eigenvalue weighted by atomic mass is 127. The van der Waals surface area contributed by atoms with E-state index < -0.39 is 27.9 Å². The largest absolute Gasteiger partial charge is 0.458 e. The van der Waals surface area contributed by atoms with Crippen LogP contribution in [0.4, 0.5) is 8.78 Å². The van der Waals surface area contributed by atoms with Crippen LogP contribution in [0, 0.1) is 10.7 Å². The fourth-order valence-corrected chi connectivity index (χ4v) is 4.39. The van der Waals surface area contributed by atoms with E-state index in [9.17, 15) is 26.8 Å². The molecule has 0 aliphatic rings. The van der Waals surface area contributed by atoms with E-state index in [4.69, 9.17) is 4.55 Å². The van der Waals surface area contributed by atoms with Crippen molar-refractivity contribution in [1.82, 2.24) is 4.90 Å². The molecule has 0 aliphatic carbocycles. The molecule has 152 valence electrons. The minimum atomic E-state index is -5.65. The fourth-order valence-electron chi connectivity index (χ4n) is 1.79. The molecule has 1 rings (SSSR count). The van der Waals surface area contributed by atoms with Crippen LogP contribution in [0.1, 0.15) is 23.2 Å². The zero-order valence-electron chi connectivity index (χ0n) is 13.7. The molecular weight excluding hydrogens is 729 g/mol. The molecule has 0 unspecified atom stereocenters. The first kappa shape index (κ1) is 25.2. The molecule has 0 bridgehead atoms. The number of carbonyl (C=O) groups is 2. The standard InChI is InChI=1S/C14H14F2I3NO6S/c1-20(13(22)9-5-8(17)6-10(18)12(9)19)4-2-3-11(21)26-7-14(15,16)27(23,24)25/h5-6H,2-4,7H2,1H3,(H,23,24,25). The molecule has 0 aliphatic heterocycles. The molecular formula is C14H14F2I3NO6S. The normalized spacial score (nSPS) is 12.0. The average molecular weight is 743 g/mol. The maximum Gasteiger partial charge on any atom is 0.402 e. The van der Waals surface area contributed by atoms with Crippen molar-refractivity contribution in [1.29, 1.82) is 0 Å². The highest BCUT2D eigenvalue weighted by Gasteiger charge is 2.45. The zero-order chi connectivity index (χ0) is 21.0. The Labute approximate surface area is 195 Å². The number of ether oxygens (including phenoxy) is 1. The van der Waals surface area contributed by atoms with Gasteiger partial charge in [0, 0.05) is 30.7 Å². The first-order valence-corrected chi connectivity index (χ1v) is 11.8. The first-order chi connectivity index (χ1) is 12.3. The average Bonchev–Trinajstić information content (AvgIpc) is 2.54. The monoisotopic (exact) mass is 743 g/mol. The summed E-state index contributed by atoms with van der Waals surface area (Å²) in [4.78, 5) is 25.4. The van der Waals surface area contributed by atoms with E-state index in [1.807, 2.05) is 6.07 Å². The summed E-state index contributed by atoms with van der Waals surface area (Å²) in [5.74, 6) is -1.31. The van der Waals surface area contributed by atoms with E-state index >= 15 is 0 Å². The summed E-state index contributed by atoms with van der Waals surface area (Å²) in [6.45, 7) is -1.60. The van der Waals surface area contributed by atoms with Gasteiger partial charge in [0.25, 0.3) is 5.91 Å². The highest BCUT2D eigenvalue weighted by molar-refractivity contribution is 14.1. The van der Waals surface area contributed by atoms with Crippen molar-refractivity contribution in [3.8, 4) is 0 Å². The van der Waals surface area contributed by atoms with Crippen molar-refractivity contribution in [2.75, 3.05) is 20.2 Å². The lowest BCUT2D eigenvalue weighted by molar-refractivity contribution is -0.149. The number of carbonyl (C=O) groups excluding carboxylic acids is 2. The Kier molecular flexibility index (Phi) is 9.54. The second kappa shape index (κ2) is 10.2. The van der Waals surface area contributed by atoms with Gasteiger partial charge in [-0.1, -0.05) is 0 Å². The highest BCUT2D eigenvalue weighted by Crippen LogP contribution is 2.24. The minimum Gasteiger partial charge on any atom is -0.458 e. The number of rotatable bonds is 8. The molecule has 1 amide bonds. The Bertz CT molecular complexity index is 834. The summed E-state index contributed by atoms with van der Waals surface area (Å²) in [6, 6.07) is 3.67. The van der Waals surface area contributed by atoms with E-state index in [0.717, 1.165) is 10.7 Å². The van der Waals surface area contributed by atoms with Gasteiger partial charge in [-0.2, -0.15) is 17.2 Å². The molecule has 1 N–H and O–H groups in total. The molecule has 0 atom stereocenters. The molecule has 0 saturated carbocycles. The van der Waals surface area contributed by atoms with Gasteiger partial charge < -0.3 is 9.64 Å². The summed E-state index contributed by atoms with van der Waals surface area (Å²) < 4.78 is 61.9. The third kappa shape index (κ3) is 7.46. The lowest BCUT2D eigenvalue weighted by Crippen LogP contribution is -2.34. The Morgan fingerprint density at radius 2 is 1.85 bits per heavy atom. The maximum absolute atomic E-state index is 13.0. The van der Waals surface area contributed by atoms with Crippen molar-refractivity contribution >= 4 is 89.8 Å². The predicted octanol–water partition coefficient (Wildman–Crippen LogP) is 3.38. The molecule has 0 aromatic heterocycles. The Hall–Kier alpha value is 0.120. The molecule has 0 spiro atoms. The molecule has 7 nitrogen and oxygen atoms in total. The van der Waals surface area contributed by atoms with Gasteiger partial charge in [0.05, 0.1) is 5.56 Å². The zero-order valence-corrected chi connectivity index (χ0v) is 21.0. The number of amides is 1. The van der Waals surface area contributed by atoms with E-state index in [0.29, 0.717) is 5.56 Å². The first-order valence-electron chi connectivity index (χ1n) is 7.16. The smallest absolute Gasteiger partial charge is 0.402 e. The van der Waals surface area contributed by atoms with Gasteiger partial charge >= 0.3 is 21.3 Å². The van der Waals surface area contributed by atoms with Gasteiger partial charge in [-0.25, -0.2) is 0 Å². The number of hydrogen-bond donors (Lipinski definition) is 1. The summed E-state index contributed by atoms with van der Waals surface area (Å²) in [7, 11) is -4.11. The van der Waals surface area contributed by atoms with Crippen molar-refractivity contribution in [2.24, 2.45) is 0 Å². The van der Waals surface area contributed by atoms with Crippen molar-refractivity contribution in [3.63, 3.8) is 0 Å². The van der Waals surface area contributed by atoms with Crippen molar-refractivity contribution < 1.29 is 36.1 Å². The second-order valence-electron chi connectivity index (χ2n) is 5.35. The van der Waals surface area contributed by atoms with Crippen molar-refractivity contribution in [3.05, 3.63) is 28.4 Å². The van der Waals surface area contributed by atoms with Gasteiger partial charge in [-0.05, 0) is 86.3 Å². The number of nitrogens with zero attached hydrogens (tertiary/aromatic N) is 1. The molecule has 0 heterocycles. The molecule has 13 heteroatoms. The number of benzene rings is 1. The van der Waals surface area contributed by atoms with Crippen LogP contribution in [0.5, 0.6) is 0 Å². The topological polar surface area (TPSA) is 101 Å². The second-order valence-corrected chi connectivity index (χ2v) is 10.4. The van der Waals surface area contributed by atoms with Gasteiger partial charge in [-0.3, -0.25) is 14.1 Å². The molecule has 0 saturated heterocycles. The van der Waals surface area contributed by atoms with Crippen LogP contribution in [0.15, 0.2) is 12.1 Å². The summed E-state index contributed by atoms with van der Waals surface area (Å²) >= 11 is 6.30. The predicted molar refractivity (Wildman–Crippen MR) is 118 cm³/mol. The van der Waals surface area contributed by atoms with Gasteiger partial charge in [0.2, 0.25) is 0 Å². The van der Waals surface area contributed by atoms with E-state index in [-0.39, 0.29) is 25.3 Å². The number of esters is 1. The SMILES string of the molecule is CN(CCCC(=O)OCC(F)(F)S(=O)(=O)O)C(=O)c1cc(I)cc(I)c1I. The Balaban J connectivity index is 2.55. The van der Waals surface area contributed by atoms with Gasteiger partial charge in [0.15, 0.2) is 6.61 Å². The van der Waals surface area contributed by atoms with Crippen LogP contribution >= 0.6 is 67.8 Å². The van der Waals surface area contributed by atoms with Crippen LogP contribution < -0.4 is 0 Å². The van der Waals surface area contributed by atoms with Gasteiger partial charge in [-0.15, -0.1) is 0 Å². The third-order valence-electron chi connectivity index (χ3n) is 3.22. The summed E-state index contributed by atoms with van der Waals surface area (Å²) in [6.07, 6.45) is -0.157. The van der Waals surface area contributed by atoms with Crippen molar-refractivity contribution in [2.45, 2.75) is 18.1 Å². The van der Waals surface area contributed by atoms with Crippen LogP contribution in [0.2, 0.25) is 0 Å². The molecule has 1 aromatic rings. The van der Waals surface area contributed by atoms with Crippen LogP contribution in [-0.2, 0) is 19.6 Å². The molecule has 0 radical (unpaired) electrons. The fraction of sp³-hybridized carbons (Fsp3) is 0.429. The Morgan fingerprint density at radius 3 is 2.41 bits per heavy atom. The molecule has 1 aromatic carbocycles. The molecule has 27 heavy (non-hydrogen) atoms. The Morgan fingerprint density at radius 1 is 1.26 bits per heavy atom. The summed E-state index contributed by atoms with van der Waals surface area (Å²) in [5, 5.41) is -4.56. The van der Waals surface area contributed by atoms with Crippen LogP contribution in [0.25, 0.3) is 0 Å². The van der Waals surface area contributed by atoms with E-state index in [1.54, 1.807) is 13.1 Å². The maximum atomic E-state index is 13.0. The minimum absolute atomic E-state index is 0.135. The summed E-state index contributed by atoms with van der Waals surface area (Å²) in [5.41, 5.74) is 0.518. The van der Waals surface area contributed by atoms with Gasteiger partial charge in [0.1, 0.15) is 0 Å². The number of alkyl halides is 2. The number of halogens is 5. The third-order valence-corrected chi connectivity index (χ3v) is 7.76. The quantitative estimate of drug-likeness (QED) is 0.190. The van der Waals surface area contributed by atoms with E-state index in [1.165, 1.54) is 4.90 Å². The lowest BCUT2D eigenvalue weighted by Gasteiger charge is -2.18.